The molecular formula is C42H48O12S2. The molecule has 12 nitrogen and oxygen atoms in total. The van der Waals surface area contributed by atoms with Crippen molar-refractivity contribution in [1.82, 2.24) is 0 Å². The summed E-state index contributed by atoms with van der Waals surface area (Å²) in [5, 5.41) is 0. The van der Waals surface area contributed by atoms with Gasteiger partial charge in [0.15, 0.2) is 0 Å². The van der Waals surface area contributed by atoms with Gasteiger partial charge in [0.05, 0.1) is 24.4 Å². The van der Waals surface area contributed by atoms with Crippen molar-refractivity contribution in [3.8, 4) is 20.9 Å². The lowest BCUT2D eigenvalue weighted by atomic mass is 9.86. The number of thiophene rings is 2. The van der Waals surface area contributed by atoms with Crippen molar-refractivity contribution < 1.29 is 57.1 Å². The molecule has 0 fully saturated rings. The SMILES string of the molecule is CC(C)OC(=O)OC1CCC(OC(=O)OC(C)C)c2cc(-c3cc4sc(-c5ccc6c(c5)C(OC(=O)OC(C)C)CCC6OC(=O)OC(C)C)cc4s3)ccc21. The summed E-state index contributed by atoms with van der Waals surface area (Å²) < 4.78 is 46.2. The Hall–Kier alpha value is -4.82. The molecule has 0 bridgehead atoms. The van der Waals surface area contributed by atoms with E-state index >= 15 is 0 Å². The topological polar surface area (TPSA) is 142 Å². The van der Waals surface area contributed by atoms with Gasteiger partial charge in [-0.2, -0.15) is 0 Å². The molecule has 56 heavy (non-hydrogen) atoms. The fourth-order valence-corrected chi connectivity index (χ4v) is 9.17. The highest BCUT2D eigenvalue weighted by Crippen LogP contribution is 2.47. The minimum absolute atomic E-state index is 0.324. The lowest BCUT2D eigenvalue weighted by Gasteiger charge is -2.31. The van der Waals surface area contributed by atoms with Gasteiger partial charge >= 0.3 is 24.6 Å². The van der Waals surface area contributed by atoms with Crippen LogP contribution in [0.5, 0.6) is 0 Å². The van der Waals surface area contributed by atoms with Crippen molar-refractivity contribution in [2.75, 3.05) is 0 Å². The molecule has 0 saturated carbocycles. The fraction of sp³-hybridized carbons (Fsp3) is 0.476. The summed E-state index contributed by atoms with van der Waals surface area (Å²) in [4.78, 5) is 52.1. The number of fused-ring (bicyclic) bond motifs is 3. The normalized spacial score (nSPS) is 19.0. The Balaban J connectivity index is 1.28. The van der Waals surface area contributed by atoms with E-state index < -0.39 is 49.0 Å². The van der Waals surface area contributed by atoms with Crippen LogP contribution < -0.4 is 0 Å². The van der Waals surface area contributed by atoms with E-state index in [1.54, 1.807) is 78.1 Å². The molecule has 0 aliphatic heterocycles. The number of rotatable bonds is 10. The van der Waals surface area contributed by atoms with Crippen molar-refractivity contribution in [2.45, 2.75) is 130 Å². The molecule has 2 heterocycles. The first-order valence-corrected chi connectivity index (χ1v) is 20.6. The van der Waals surface area contributed by atoms with Gasteiger partial charge in [-0.15, -0.1) is 22.7 Å². The van der Waals surface area contributed by atoms with Crippen molar-refractivity contribution in [2.24, 2.45) is 0 Å². The first-order chi connectivity index (χ1) is 26.6. The van der Waals surface area contributed by atoms with Gasteiger partial charge in [-0.25, -0.2) is 19.2 Å². The molecule has 4 atom stereocenters. The van der Waals surface area contributed by atoms with E-state index in [1.807, 2.05) is 36.4 Å². The average molecular weight is 809 g/mol. The first kappa shape index (κ1) is 40.8. The molecule has 0 radical (unpaired) electrons. The highest BCUT2D eigenvalue weighted by Gasteiger charge is 2.35. The highest BCUT2D eigenvalue weighted by atomic mass is 32.1. The Kier molecular flexibility index (Phi) is 12.8. The van der Waals surface area contributed by atoms with Crippen molar-refractivity contribution in [3.05, 3.63) is 70.8 Å². The molecule has 4 unspecified atom stereocenters. The second-order valence-corrected chi connectivity index (χ2v) is 17.1. The number of carbonyl (C=O) groups is 4. The van der Waals surface area contributed by atoms with Gasteiger partial charge in [-0.3, -0.25) is 0 Å². The van der Waals surface area contributed by atoms with Crippen LogP contribution in [-0.4, -0.2) is 49.0 Å². The highest BCUT2D eigenvalue weighted by molar-refractivity contribution is 7.31. The summed E-state index contributed by atoms with van der Waals surface area (Å²) in [7, 11) is 0. The summed E-state index contributed by atoms with van der Waals surface area (Å²) >= 11 is 3.26. The standard InChI is InChI=1S/C42H48O12S2/c1-21(2)47-39(43)51-31-13-15-33(53-41(45)49-23(5)6)29-17-25(9-11-27(29)31)35-19-37-38(55-35)20-36(56-37)26-10-12-28-30(18-26)34(54-42(46)50-24(7)8)16-14-32(28)52-40(44)48-22(3)4/h9-12,17-24,31-34H,13-16H2,1-8H3. The summed E-state index contributed by atoms with van der Waals surface area (Å²) in [5.74, 6) is 0. The van der Waals surface area contributed by atoms with Gasteiger partial charge in [0.2, 0.25) is 0 Å². The Morgan fingerprint density at radius 2 is 0.732 bits per heavy atom. The molecule has 4 aromatic rings. The van der Waals surface area contributed by atoms with E-state index in [1.165, 1.54) is 0 Å². The molecule has 2 aliphatic rings. The van der Waals surface area contributed by atoms with Crippen LogP contribution in [-0.2, 0) is 37.9 Å². The predicted molar refractivity (Wildman–Crippen MR) is 211 cm³/mol. The van der Waals surface area contributed by atoms with E-state index in [0.29, 0.717) is 25.7 Å². The molecular weight excluding hydrogens is 761 g/mol. The molecule has 0 N–H and O–H groups in total. The zero-order valence-corrected chi connectivity index (χ0v) is 34.4. The average Bonchev–Trinajstić information content (AvgIpc) is 3.69. The van der Waals surface area contributed by atoms with Crippen LogP contribution >= 0.6 is 22.7 Å². The number of hydrogen-bond donors (Lipinski definition) is 0. The lowest BCUT2D eigenvalue weighted by molar-refractivity contribution is -0.0233. The van der Waals surface area contributed by atoms with Gasteiger partial charge in [0.1, 0.15) is 24.4 Å². The van der Waals surface area contributed by atoms with Crippen LogP contribution in [0.1, 0.15) is 128 Å². The van der Waals surface area contributed by atoms with Gasteiger partial charge < -0.3 is 37.9 Å². The van der Waals surface area contributed by atoms with Crippen LogP contribution in [0.4, 0.5) is 19.2 Å². The molecule has 0 amide bonds. The fourth-order valence-electron chi connectivity index (χ4n) is 6.78. The maximum atomic E-state index is 12.6. The third-order valence-corrected chi connectivity index (χ3v) is 11.4. The van der Waals surface area contributed by atoms with Gasteiger partial charge in [-0.05, 0) is 128 Å². The van der Waals surface area contributed by atoms with Crippen LogP contribution in [0.3, 0.4) is 0 Å². The van der Waals surface area contributed by atoms with E-state index in [4.69, 9.17) is 37.9 Å². The Morgan fingerprint density at radius 1 is 0.446 bits per heavy atom. The molecule has 300 valence electrons. The minimum Gasteiger partial charge on any atom is -0.432 e. The minimum atomic E-state index is -0.753. The monoisotopic (exact) mass is 808 g/mol. The van der Waals surface area contributed by atoms with E-state index in [2.05, 4.69) is 12.1 Å². The van der Waals surface area contributed by atoms with E-state index in [0.717, 1.165) is 52.5 Å². The second-order valence-electron chi connectivity index (χ2n) is 14.9. The lowest BCUT2D eigenvalue weighted by Crippen LogP contribution is -2.24. The molecule has 2 aliphatic carbocycles. The predicted octanol–water partition coefficient (Wildman–Crippen LogP) is 12.3. The number of hydrogen-bond acceptors (Lipinski definition) is 14. The largest absolute Gasteiger partial charge is 0.509 e. The van der Waals surface area contributed by atoms with Crippen molar-refractivity contribution >= 4 is 56.7 Å². The summed E-state index contributed by atoms with van der Waals surface area (Å²) in [6.45, 7) is 14.1. The first-order valence-electron chi connectivity index (χ1n) is 18.9. The van der Waals surface area contributed by atoms with Crippen LogP contribution in [0, 0.1) is 0 Å². The quantitative estimate of drug-likeness (QED) is 0.111. The number of ether oxygens (including phenoxy) is 8. The number of benzene rings is 2. The van der Waals surface area contributed by atoms with Crippen LogP contribution in [0.25, 0.3) is 30.3 Å². The van der Waals surface area contributed by atoms with Gasteiger partial charge in [0, 0.05) is 30.3 Å². The zero-order chi connectivity index (χ0) is 40.3. The van der Waals surface area contributed by atoms with Gasteiger partial charge in [-0.1, -0.05) is 24.3 Å². The molecule has 14 heteroatoms. The summed E-state index contributed by atoms with van der Waals surface area (Å²) in [6, 6.07) is 16.1. The Labute approximate surface area is 334 Å². The smallest absolute Gasteiger partial charge is 0.432 e. The molecule has 0 saturated heterocycles. The molecule has 6 rings (SSSR count). The molecule has 0 spiro atoms. The second kappa shape index (κ2) is 17.5. The Morgan fingerprint density at radius 3 is 1.02 bits per heavy atom. The van der Waals surface area contributed by atoms with Crippen LogP contribution in [0.2, 0.25) is 0 Å². The zero-order valence-electron chi connectivity index (χ0n) is 32.8. The maximum absolute atomic E-state index is 12.6. The number of carbonyl (C=O) groups excluding carboxylic acids is 4. The third-order valence-electron chi connectivity index (χ3n) is 9.00. The van der Waals surface area contributed by atoms with Crippen LogP contribution in [0.15, 0.2) is 48.5 Å². The summed E-state index contributed by atoms with van der Waals surface area (Å²) in [5.41, 5.74) is 4.85. The van der Waals surface area contributed by atoms with Crippen molar-refractivity contribution in [3.63, 3.8) is 0 Å². The Bertz CT molecular complexity index is 1890. The maximum Gasteiger partial charge on any atom is 0.509 e. The van der Waals surface area contributed by atoms with Crippen molar-refractivity contribution in [1.29, 1.82) is 0 Å². The van der Waals surface area contributed by atoms with Gasteiger partial charge in [0.25, 0.3) is 0 Å². The molecule has 2 aromatic heterocycles. The van der Waals surface area contributed by atoms with E-state index in [9.17, 15) is 19.2 Å². The third kappa shape index (κ3) is 9.94. The van der Waals surface area contributed by atoms with E-state index in [-0.39, 0.29) is 24.4 Å². The molecule has 2 aromatic carbocycles. The summed E-state index contributed by atoms with van der Waals surface area (Å²) in [6.07, 6.45) is -4.82.